The summed E-state index contributed by atoms with van der Waals surface area (Å²) in [6.07, 6.45) is 7.40. The van der Waals surface area contributed by atoms with Crippen LogP contribution in [-0.4, -0.2) is 17.2 Å². The van der Waals surface area contributed by atoms with Crippen molar-refractivity contribution >= 4 is 12.5 Å². The van der Waals surface area contributed by atoms with E-state index in [2.05, 4.69) is 75.4 Å². The Labute approximate surface area is 216 Å². The molecule has 190 valence electrons. The lowest BCUT2D eigenvalue weighted by molar-refractivity contribution is -0.129. The van der Waals surface area contributed by atoms with Crippen molar-refractivity contribution < 1.29 is 14.6 Å². The van der Waals surface area contributed by atoms with Crippen LogP contribution in [0.2, 0.25) is 0 Å². The van der Waals surface area contributed by atoms with Gasteiger partial charge in [-0.2, -0.15) is 0 Å². The molecule has 3 aromatic rings. The first-order valence-electron chi connectivity index (χ1n) is 13.1. The Balaban J connectivity index is 1.96. The number of rotatable bonds is 12. The zero-order valence-corrected chi connectivity index (χ0v) is 22.4. The second-order valence-electron chi connectivity index (χ2n) is 9.65. The predicted molar refractivity (Wildman–Crippen MR) is 150 cm³/mol. The summed E-state index contributed by atoms with van der Waals surface area (Å²) in [6, 6.07) is 23.6. The fourth-order valence-electron chi connectivity index (χ4n) is 5.14. The van der Waals surface area contributed by atoms with Crippen LogP contribution in [0.25, 0.3) is 17.2 Å². The molecule has 36 heavy (non-hydrogen) atoms. The van der Waals surface area contributed by atoms with Gasteiger partial charge in [-0.3, -0.25) is 4.79 Å². The van der Waals surface area contributed by atoms with Crippen LogP contribution in [0.1, 0.15) is 81.2 Å². The molecule has 0 spiro atoms. The first-order valence-corrected chi connectivity index (χ1v) is 13.1. The van der Waals surface area contributed by atoms with Crippen LogP contribution in [0.5, 0.6) is 0 Å². The van der Waals surface area contributed by atoms with E-state index in [0.29, 0.717) is 19.3 Å². The van der Waals surface area contributed by atoms with Crippen molar-refractivity contribution in [3.8, 4) is 11.1 Å². The van der Waals surface area contributed by atoms with Gasteiger partial charge in [0.2, 0.25) is 0 Å². The molecule has 3 aromatic carbocycles. The fourth-order valence-corrected chi connectivity index (χ4v) is 5.14. The molecule has 0 bridgehead atoms. The Morgan fingerprint density at radius 1 is 0.833 bits per heavy atom. The molecule has 0 amide bonds. The normalized spacial score (nSPS) is 12.2. The highest BCUT2D eigenvalue weighted by Gasteiger charge is 2.31. The molecule has 0 aromatic heterocycles. The maximum Gasteiger partial charge on any atom is 0.293 e. The van der Waals surface area contributed by atoms with Crippen molar-refractivity contribution in [3.63, 3.8) is 0 Å². The van der Waals surface area contributed by atoms with Gasteiger partial charge in [0.25, 0.3) is 6.47 Å². The smallest absolute Gasteiger partial charge is 0.293 e. The molecule has 1 N–H and O–H groups in total. The number of hydrogen-bond donors (Lipinski definition) is 1. The molecule has 0 aliphatic rings. The second-order valence-corrected chi connectivity index (χ2v) is 9.65. The van der Waals surface area contributed by atoms with Gasteiger partial charge in [0.1, 0.15) is 6.61 Å². The molecule has 3 nitrogen and oxygen atoms in total. The van der Waals surface area contributed by atoms with Gasteiger partial charge in [-0.25, -0.2) is 0 Å². The Hall–Kier alpha value is -3.17. The van der Waals surface area contributed by atoms with E-state index in [1.165, 1.54) is 16.7 Å². The largest absolute Gasteiger partial charge is 0.463 e. The molecule has 0 aliphatic heterocycles. The van der Waals surface area contributed by atoms with Crippen molar-refractivity contribution in [2.75, 3.05) is 0 Å². The molecule has 0 aliphatic carbocycles. The van der Waals surface area contributed by atoms with Gasteiger partial charge in [0.15, 0.2) is 0 Å². The summed E-state index contributed by atoms with van der Waals surface area (Å²) >= 11 is 0. The van der Waals surface area contributed by atoms with Crippen LogP contribution in [0, 0.1) is 6.92 Å². The van der Waals surface area contributed by atoms with Crippen LogP contribution < -0.4 is 0 Å². The number of aryl methyl sites for hydroxylation is 1. The molecule has 0 fully saturated rings. The zero-order chi connectivity index (χ0) is 26.2. The summed E-state index contributed by atoms with van der Waals surface area (Å²) in [5.74, 6) is 0. The molecule has 3 heteroatoms. The van der Waals surface area contributed by atoms with E-state index in [1.807, 2.05) is 38.1 Å². The third kappa shape index (κ3) is 5.79. The predicted octanol–water partition coefficient (Wildman–Crippen LogP) is 8.01. The molecular formula is C33H40O3. The van der Waals surface area contributed by atoms with Crippen LogP contribution in [0.4, 0.5) is 0 Å². The molecule has 0 radical (unpaired) electrons. The Morgan fingerprint density at radius 2 is 1.47 bits per heavy atom. The lowest BCUT2D eigenvalue weighted by Gasteiger charge is -2.34. The van der Waals surface area contributed by atoms with Crippen LogP contribution in [-0.2, 0) is 21.6 Å². The summed E-state index contributed by atoms with van der Waals surface area (Å²) in [6.45, 7) is 11.5. The van der Waals surface area contributed by atoms with Gasteiger partial charge in [-0.05, 0) is 71.6 Å². The Morgan fingerprint density at radius 3 is 2.06 bits per heavy atom. The SMILES string of the molecule is CCC(O)(C=Cc1ccc(C(CC)(CC)c2ccc(-c3ccccc3COC=O)cc2)cc1C)CC. The van der Waals surface area contributed by atoms with Crippen molar-refractivity contribution in [2.45, 2.75) is 77.9 Å². The molecule has 3 rings (SSSR count). The van der Waals surface area contributed by atoms with Gasteiger partial charge in [-0.1, -0.05) is 107 Å². The van der Waals surface area contributed by atoms with Crippen molar-refractivity contribution in [2.24, 2.45) is 0 Å². The van der Waals surface area contributed by atoms with E-state index >= 15 is 0 Å². The van der Waals surface area contributed by atoms with Crippen molar-refractivity contribution in [3.05, 3.63) is 101 Å². The summed E-state index contributed by atoms with van der Waals surface area (Å²) < 4.78 is 5.02. The minimum absolute atomic E-state index is 0.0841. The third-order valence-electron chi connectivity index (χ3n) is 7.90. The maximum absolute atomic E-state index is 10.7. The first-order chi connectivity index (χ1) is 17.4. The monoisotopic (exact) mass is 484 g/mol. The molecule has 0 unspecified atom stereocenters. The molecular weight excluding hydrogens is 444 g/mol. The highest BCUT2D eigenvalue weighted by molar-refractivity contribution is 5.68. The average Bonchev–Trinajstić information content (AvgIpc) is 2.93. The van der Waals surface area contributed by atoms with E-state index in [1.54, 1.807) is 0 Å². The van der Waals surface area contributed by atoms with Crippen molar-refractivity contribution in [1.29, 1.82) is 0 Å². The number of carbonyl (C=O) groups is 1. The lowest BCUT2D eigenvalue weighted by atomic mass is 9.70. The van der Waals surface area contributed by atoms with Gasteiger partial charge < -0.3 is 9.84 Å². The molecule has 0 atom stereocenters. The van der Waals surface area contributed by atoms with Gasteiger partial charge in [0, 0.05) is 5.41 Å². The number of aliphatic hydroxyl groups is 1. The Bertz CT molecular complexity index is 1170. The van der Waals surface area contributed by atoms with E-state index in [0.717, 1.165) is 35.1 Å². The van der Waals surface area contributed by atoms with E-state index < -0.39 is 5.60 Å². The standard InChI is InChI=1S/C33H40O3/c1-6-32(35,7-2)21-20-26-14-19-30(22-25(26)5)33(8-3,9-4)29-17-15-27(16-18-29)31-13-11-10-12-28(31)23-36-24-34/h10-22,24,35H,6-9,23H2,1-5H3. The second kappa shape index (κ2) is 12.2. The van der Waals surface area contributed by atoms with Crippen molar-refractivity contribution in [1.82, 2.24) is 0 Å². The average molecular weight is 485 g/mol. The van der Waals surface area contributed by atoms with Crippen LogP contribution >= 0.6 is 0 Å². The van der Waals surface area contributed by atoms with Gasteiger partial charge >= 0.3 is 0 Å². The summed E-state index contributed by atoms with van der Waals surface area (Å²) in [5.41, 5.74) is 7.32. The summed E-state index contributed by atoms with van der Waals surface area (Å²) in [7, 11) is 0. The summed E-state index contributed by atoms with van der Waals surface area (Å²) in [4.78, 5) is 10.7. The summed E-state index contributed by atoms with van der Waals surface area (Å²) in [5, 5.41) is 10.6. The number of ether oxygens (including phenoxy) is 1. The number of benzene rings is 3. The number of hydrogen-bond acceptors (Lipinski definition) is 3. The minimum Gasteiger partial charge on any atom is -0.463 e. The quantitative estimate of drug-likeness (QED) is 0.265. The van der Waals surface area contributed by atoms with Gasteiger partial charge in [0.05, 0.1) is 5.60 Å². The topological polar surface area (TPSA) is 46.5 Å². The van der Waals surface area contributed by atoms with E-state index in [-0.39, 0.29) is 12.0 Å². The molecule has 0 heterocycles. The van der Waals surface area contributed by atoms with Crippen LogP contribution in [0.15, 0.2) is 72.8 Å². The van der Waals surface area contributed by atoms with Gasteiger partial charge in [-0.15, -0.1) is 0 Å². The number of carbonyl (C=O) groups excluding carboxylic acids is 1. The highest BCUT2D eigenvalue weighted by Crippen LogP contribution is 2.40. The van der Waals surface area contributed by atoms with E-state index in [4.69, 9.17) is 4.74 Å². The fraction of sp³-hybridized carbons (Fsp3) is 0.364. The molecule has 0 saturated heterocycles. The third-order valence-corrected chi connectivity index (χ3v) is 7.90. The Kier molecular flexibility index (Phi) is 9.28. The van der Waals surface area contributed by atoms with E-state index in [9.17, 15) is 9.90 Å². The molecule has 0 saturated carbocycles. The zero-order valence-electron chi connectivity index (χ0n) is 22.4. The van der Waals surface area contributed by atoms with Crippen LogP contribution in [0.3, 0.4) is 0 Å². The highest BCUT2D eigenvalue weighted by atomic mass is 16.5. The lowest BCUT2D eigenvalue weighted by Crippen LogP contribution is -2.26. The first kappa shape index (κ1) is 27.4. The minimum atomic E-state index is -0.749. The maximum atomic E-state index is 10.7.